The monoisotopic (exact) mass is 400 g/mol. The number of benzene rings is 1. The maximum absolute atomic E-state index is 13.5. The maximum Gasteiger partial charge on any atom is 0.243 e. The Kier molecular flexibility index (Phi) is 7.03. The predicted molar refractivity (Wildman–Crippen MR) is 111 cm³/mol. The van der Waals surface area contributed by atoms with Crippen LogP contribution < -0.4 is 5.32 Å². The second-order valence-corrected chi connectivity index (χ2v) is 7.56. The van der Waals surface area contributed by atoms with Crippen molar-refractivity contribution in [1.82, 2.24) is 19.9 Å². The van der Waals surface area contributed by atoms with Crippen LogP contribution in [-0.4, -0.2) is 27.0 Å². The molecule has 28 heavy (non-hydrogen) atoms. The van der Waals surface area contributed by atoms with E-state index in [-0.39, 0.29) is 17.8 Å². The Bertz CT molecular complexity index is 943. The average molecular weight is 401 g/mol. The van der Waals surface area contributed by atoms with Gasteiger partial charge in [0.1, 0.15) is 11.9 Å². The summed E-state index contributed by atoms with van der Waals surface area (Å²) >= 11 is 1.50. The smallest absolute Gasteiger partial charge is 0.243 e. The van der Waals surface area contributed by atoms with Crippen LogP contribution in [0.2, 0.25) is 0 Å². The van der Waals surface area contributed by atoms with E-state index in [1.54, 1.807) is 18.5 Å². The fraction of sp³-hybridized carbons (Fsp3) is 0.381. The first-order valence-electron chi connectivity index (χ1n) is 9.61. The number of nitrogens with one attached hydrogen (secondary N) is 1. The van der Waals surface area contributed by atoms with Gasteiger partial charge in [0.05, 0.1) is 17.2 Å². The fourth-order valence-electron chi connectivity index (χ4n) is 3.09. The van der Waals surface area contributed by atoms with Crippen molar-refractivity contribution in [3.05, 3.63) is 54.1 Å². The van der Waals surface area contributed by atoms with Gasteiger partial charge in [-0.05, 0) is 36.6 Å². The average Bonchev–Trinajstić information content (AvgIpc) is 3.06. The summed E-state index contributed by atoms with van der Waals surface area (Å²) in [5.41, 5.74) is 2.51. The van der Waals surface area contributed by atoms with Crippen LogP contribution in [0.1, 0.15) is 44.7 Å². The van der Waals surface area contributed by atoms with E-state index < -0.39 is 0 Å². The van der Waals surface area contributed by atoms with Crippen LogP contribution in [0.4, 0.5) is 4.39 Å². The van der Waals surface area contributed by atoms with Crippen LogP contribution in [0.3, 0.4) is 0 Å². The Morgan fingerprint density at radius 2 is 2.18 bits per heavy atom. The molecule has 3 aromatic rings. The summed E-state index contributed by atoms with van der Waals surface area (Å²) in [6.07, 6.45) is 6.07. The van der Waals surface area contributed by atoms with Crippen LogP contribution in [0.25, 0.3) is 11.0 Å². The summed E-state index contributed by atoms with van der Waals surface area (Å²) in [4.78, 5) is 21.8. The maximum atomic E-state index is 13.5. The van der Waals surface area contributed by atoms with Crippen molar-refractivity contribution in [1.29, 1.82) is 0 Å². The zero-order valence-electron chi connectivity index (χ0n) is 16.2. The molecular weight excluding hydrogens is 375 g/mol. The highest BCUT2D eigenvalue weighted by atomic mass is 32.2. The lowest BCUT2D eigenvalue weighted by atomic mass is 10.2. The minimum Gasteiger partial charge on any atom is -0.354 e. The van der Waals surface area contributed by atoms with Crippen molar-refractivity contribution in [2.45, 2.75) is 50.1 Å². The highest BCUT2D eigenvalue weighted by molar-refractivity contribution is 7.98. The number of carbonyl (C=O) groups excluding carboxylic acids is 1. The molecule has 0 saturated carbocycles. The molecule has 3 rings (SSSR count). The van der Waals surface area contributed by atoms with E-state index in [0.29, 0.717) is 18.7 Å². The second kappa shape index (κ2) is 9.68. The van der Waals surface area contributed by atoms with E-state index in [1.807, 2.05) is 23.6 Å². The SMILES string of the molecule is CCCCNC(=O)[C@H](CC)n1c(SCc2cccc(F)c2)nc2ccncc21. The van der Waals surface area contributed by atoms with Crippen molar-refractivity contribution < 1.29 is 9.18 Å². The van der Waals surface area contributed by atoms with E-state index in [0.717, 1.165) is 34.6 Å². The van der Waals surface area contributed by atoms with Gasteiger partial charge < -0.3 is 9.88 Å². The molecule has 0 aliphatic rings. The molecular formula is C21H25FN4OS. The molecule has 2 heterocycles. The normalized spacial score (nSPS) is 12.2. The van der Waals surface area contributed by atoms with Gasteiger partial charge in [0.25, 0.3) is 0 Å². The molecule has 0 fully saturated rings. The van der Waals surface area contributed by atoms with Crippen LogP contribution >= 0.6 is 11.8 Å². The van der Waals surface area contributed by atoms with E-state index >= 15 is 0 Å². The summed E-state index contributed by atoms with van der Waals surface area (Å²) in [6, 6.07) is 8.04. The lowest BCUT2D eigenvalue weighted by Crippen LogP contribution is -2.33. The molecule has 0 spiro atoms. The summed E-state index contributed by atoms with van der Waals surface area (Å²) in [5, 5.41) is 3.77. The number of nitrogens with zero attached hydrogens (tertiary/aromatic N) is 3. The number of hydrogen-bond donors (Lipinski definition) is 1. The van der Waals surface area contributed by atoms with Crippen LogP contribution in [0, 0.1) is 5.82 Å². The van der Waals surface area contributed by atoms with Gasteiger partial charge in [-0.25, -0.2) is 9.37 Å². The van der Waals surface area contributed by atoms with Gasteiger partial charge in [-0.2, -0.15) is 0 Å². The zero-order valence-corrected chi connectivity index (χ0v) is 17.0. The predicted octanol–water partition coefficient (Wildman–Crippen LogP) is 4.73. The quantitative estimate of drug-likeness (QED) is 0.417. The highest BCUT2D eigenvalue weighted by Crippen LogP contribution is 2.31. The molecule has 0 aliphatic carbocycles. The molecule has 0 saturated heterocycles. The minimum atomic E-state index is -0.360. The topological polar surface area (TPSA) is 59.8 Å². The van der Waals surface area contributed by atoms with E-state index in [4.69, 9.17) is 4.98 Å². The molecule has 1 amide bonds. The zero-order chi connectivity index (χ0) is 19.9. The number of imidazole rings is 1. The van der Waals surface area contributed by atoms with Gasteiger partial charge in [-0.3, -0.25) is 9.78 Å². The van der Waals surface area contributed by atoms with E-state index in [9.17, 15) is 9.18 Å². The van der Waals surface area contributed by atoms with Gasteiger partial charge >= 0.3 is 0 Å². The van der Waals surface area contributed by atoms with Crippen molar-refractivity contribution >= 4 is 28.7 Å². The van der Waals surface area contributed by atoms with Crippen molar-refractivity contribution in [2.75, 3.05) is 6.54 Å². The number of fused-ring (bicyclic) bond motifs is 1. The number of amides is 1. The molecule has 1 aromatic carbocycles. The molecule has 2 aromatic heterocycles. The third kappa shape index (κ3) is 4.70. The number of pyridine rings is 1. The third-order valence-electron chi connectivity index (χ3n) is 4.55. The molecule has 148 valence electrons. The number of unbranched alkanes of at least 4 members (excludes halogenated alkanes) is 1. The van der Waals surface area contributed by atoms with Crippen LogP contribution in [-0.2, 0) is 10.5 Å². The molecule has 1 N–H and O–H groups in total. The lowest BCUT2D eigenvalue weighted by molar-refractivity contribution is -0.124. The first-order chi connectivity index (χ1) is 13.6. The fourth-order valence-corrected chi connectivity index (χ4v) is 4.09. The Morgan fingerprint density at radius 1 is 1.32 bits per heavy atom. The number of aromatic nitrogens is 3. The Balaban J connectivity index is 1.90. The Hall–Kier alpha value is -2.41. The molecule has 1 atom stereocenters. The third-order valence-corrected chi connectivity index (χ3v) is 5.57. The first kappa shape index (κ1) is 20.3. The molecule has 0 unspecified atom stereocenters. The standard InChI is InChI=1S/C21H25FN4OS/c1-3-5-10-24-20(27)18(4-2)26-19-13-23-11-9-17(19)25-21(26)28-14-15-7-6-8-16(22)12-15/h6-9,11-13,18H,3-5,10,14H2,1-2H3,(H,24,27)/t18-/m0/s1. The van der Waals surface area contributed by atoms with Gasteiger partial charge in [0.2, 0.25) is 5.91 Å². The number of halogens is 1. The molecule has 0 bridgehead atoms. The summed E-state index contributed by atoms with van der Waals surface area (Å²) in [5.74, 6) is 0.312. The Labute approximate surface area is 168 Å². The molecule has 0 radical (unpaired) electrons. The van der Waals surface area contributed by atoms with Crippen molar-refractivity contribution in [2.24, 2.45) is 0 Å². The van der Waals surface area contributed by atoms with Gasteiger partial charge in [-0.1, -0.05) is 44.2 Å². The summed E-state index contributed by atoms with van der Waals surface area (Å²) < 4.78 is 15.5. The number of rotatable bonds is 9. The molecule has 7 heteroatoms. The first-order valence-corrected chi connectivity index (χ1v) is 10.6. The van der Waals surface area contributed by atoms with Crippen molar-refractivity contribution in [3.8, 4) is 0 Å². The van der Waals surface area contributed by atoms with Gasteiger partial charge in [0.15, 0.2) is 5.16 Å². The number of hydrogen-bond acceptors (Lipinski definition) is 4. The molecule has 0 aliphatic heterocycles. The molecule has 5 nitrogen and oxygen atoms in total. The van der Waals surface area contributed by atoms with E-state index in [1.165, 1.54) is 23.9 Å². The van der Waals surface area contributed by atoms with E-state index in [2.05, 4.69) is 17.2 Å². The number of thioether (sulfide) groups is 1. The summed E-state index contributed by atoms with van der Waals surface area (Å²) in [7, 11) is 0. The van der Waals surface area contributed by atoms with Gasteiger partial charge in [-0.15, -0.1) is 0 Å². The van der Waals surface area contributed by atoms with Crippen molar-refractivity contribution in [3.63, 3.8) is 0 Å². The lowest BCUT2D eigenvalue weighted by Gasteiger charge is -2.19. The Morgan fingerprint density at radius 3 is 2.93 bits per heavy atom. The van der Waals surface area contributed by atoms with Crippen LogP contribution in [0.5, 0.6) is 0 Å². The summed E-state index contributed by atoms with van der Waals surface area (Å²) in [6.45, 7) is 4.76. The minimum absolute atomic E-state index is 0.00768. The van der Waals surface area contributed by atoms with Crippen LogP contribution in [0.15, 0.2) is 47.9 Å². The highest BCUT2D eigenvalue weighted by Gasteiger charge is 2.24. The second-order valence-electron chi connectivity index (χ2n) is 6.62. The number of carbonyl (C=O) groups is 1. The largest absolute Gasteiger partial charge is 0.354 e. The van der Waals surface area contributed by atoms with Gasteiger partial charge in [0, 0.05) is 18.5 Å².